The summed E-state index contributed by atoms with van der Waals surface area (Å²) in [4.78, 5) is 19.5. The van der Waals surface area contributed by atoms with E-state index < -0.39 is 11.6 Å². The molecule has 0 bridgehead atoms. The molecule has 5 heteroatoms. The second-order valence-electron chi connectivity index (χ2n) is 7.34. The number of hydrogen-bond donors (Lipinski definition) is 0. The molecule has 0 radical (unpaired) electrons. The third-order valence-corrected chi connectivity index (χ3v) is 5.64. The van der Waals surface area contributed by atoms with Crippen molar-refractivity contribution in [2.75, 3.05) is 0 Å². The number of amides is 1. The molecule has 2 aliphatic rings. The topological polar surface area (TPSA) is 33.2 Å². The van der Waals surface area contributed by atoms with Crippen molar-refractivity contribution >= 4 is 5.91 Å². The van der Waals surface area contributed by atoms with E-state index in [1.165, 1.54) is 25.3 Å². The summed E-state index contributed by atoms with van der Waals surface area (Å²) in [5, 5.41) is 0. The number of rotatable bonds is 3. The number of carbonyl (C=O) groups excluding carboxylic acids is 1. The maximum atomic E-state index is 14.0. The molecule has 3 nitrogen and oxygen atoms in total. The third kappa shape index (κ3) is 3.00. The van der Waals surface area contributed by atoms with E-state index in [1.54, 1.807) is 6.07 Å². The Balaban J connectivity index is 1.62. The second-order valence-corrected chi connectivity index (χ2v) is 7.34. The maximum Gasteiger partial charge on any atom is 0.256 e. The van der Waals surface area contributed by atoms with Gasteiger partial charge in [0.05, 0.1) is 17.8 Å². The van der Waals surface area contributed by atoms with Crippen molar-refractivity contribution in [1.82, 2.24) is 9.88 Å². The summed E-state index contributed by atoms with van der Waals surface area (Å²) in [7, 11) is 0. The molecule has 136 valence electrons. The molecule has 0 spiro atoms. The molecule has 1 aliphatic carbocycles. The van der Waals surface area contributed by atoms with E-state index in [1.807, 2.05) is 17.9 Å². The number of nitrogens with zero attached hydrogens (tertiary/aromatic N) is 2. The summed E-state index contributed by atoms with van der Waals surface area (Å²) in [5.74, 6) is -1.66. The van der Waals surface area contributed by atoms with Crippen molar-refractivity contribution in [3.05, 3.63) is 64.0 Å². The monoisotopic (exact) mass is 356 g/mol. The van der Waals surface area contributed by atoms with Crippen molar-refractivity contribution < 1.29 is 13.6 Å². The van der Waals surface area contributed by atoms with Crippen LogP contribution in [0.4, 0.5) is 8.78 Å². The molecule has 1 aliphatic heterocycles. The molecule has 4 rings (SSSR count). The smallest absolute Gasteiger partial charge is 0.256 e. The first-order valence-corrected chi connectivity index (χ1v) is 9.28. The van der Waals surface area contributed by atoms with E-state index in [-0.39, 0.29) is 17.9 Å². The fraction of sp³-hybridized carbons (Fsp3) is 0.429. The van der Waals surface area contributed by atoms with Gasteiger partial charge in [-0.05, 0) is 43.0 Å². The minimum absolute atomic E-state index is 0.0281. The summed E-state index contributed by atoms with van der Waals surface area (Å²) in [6, 6.07) is 6.31. The zero-order chi connectivity index (χ0) is 18.3. The predicted octanol–water partition coefficient (Wildman–Crippen LogP) is 4.55. The Bertz CT molecular complexity index is 859. The van der Waals surface area contributed by atoms with Gasteiger partial charge < -0.3 is 4.90 Å². The van der Waals surface area contributed by atoms with Crippen molar-refractivity contribution in [3.63, 3.8) is 0 Å². The fourth-order valence-corrected chi connectivity index (χ4v) is 4.15. The van der Waals surface area contributed by atoms with Gasteiger partial charge in [0.15, 0.2) is 11.6 Å². The fourth-order valence-electron chi connectivity index (χ4n) is 4.15. The highest BCUT2D eigenvalue weighted by atomic mass is 19.2. The summed E-state index contributed by atoms with van der Waals surface area (Å²) < 4.78 is 27.5. The molecule has 2 heterocycles. The van der Waals surface area contributed by atoms with Crippen LogP contribution in [0, 0.1) is 18.6 Å². The molecule has 26 heavy (non-hydrogen) atoms. The van der Waals surface area contributed by atoms with Gasteiger partial charge in [0.2, 0.25) is 0 Å². The van der Waals surface area contributed by atoms with Gasteiger partial charge in [0.1, 0.15) is 0 Å². The van der Waals surface area contributed by atoms with E-state index in [4.69, 9.17) is 0 Å². The molecule has 0 N–H and O–H groups in total. The van der Waals surface area contributed by atoms with Crippen LogP contribution in [0.2, 0.25) is 0 Å². The lowest BCUT2D eigenvalue weighted by atomic mass is 9.94. The Morgan fingerprint density at radius 1 is 1.15 bits per heavy atom. The van der Waals surface area contributed by atoms with Crippen LogP contribution >= 0.6 is 0 Å². The average molecular weight is 356 g/mol. The number of benzene rings is 1. The van der Waals surface area contributed by atoms with Crippen molar-refractivity contribution in [3.8, 4) is 0 Å². The highest BCUT2D eigenvalue weighted by molar-refractivity contribution is 5.98. The Kier molecular flexibility index (Phi) is 4.47. The first kappa shape index (κ1) is 17.1. The minimum atomic E-state index is -0.853. The maximum absolute atomic E-state index is 14.0. The van der Waals surface area contributed by atoms with Gasteiger partial charge in [-0.25, -0.2) is 8.78 Å². The molecule has 1 saturated carbocycles. The third-order valence-electron chi connectivity index (χ3n) is 5.64. The normalized spacial score (nSPS) is 17.7. The van der Waals surface area contributed by atoms with Gasteiger partial charge >= 0.3 is 0 Å². The molecular weight excluding hydrogens is 334 g/mol. The van der Waals surface area contributed by atoms with E-state index in [0.29, 0.717) is 18.2 Å². The zero-order valence-corrected chi connectivity index (χ0v) is 14.9. The van der Waals surface area contributed by atoms with E-state index in [9.17, 15) is 13.6 Å². The number of aryl methyl sites for hydroxylation is 1. The van der Waals surface area contributed by atoms with Gasteiger partial charge in [0, 0.05) is 18.2 Å². The summed E-state index contributed by atoms with van der Waals surface area (Å²) >= 11 is 0. The quantitative estimate of drug-likeness (QED) is 0.808. The number of hydrogen-bond acceptors (Lipinski definition) is 2. The molecule has 0 atom stereocenters. The summed E-state index contributed by atoms with van der Waals surface area (Å²) in [5.41, 5.74) is 3.25. The van der Waals surface area contributed by atoms with Crippen molar-refractivity contribution in [2.45, 2.75) is 58.0 Å². The van der Waals surface area contributed by atoms with E-state index in [0.717, 1.165) is 35.9 Å². The standard InChI is InChI=1S/C21H22F2N2O/c1-13-15(10-14-6-5-9-18(22)20(14)23)11-17-19(24-13)12-25(21(17)26)16-7-3-2-4-8-16/h5-6,9,11,16H,2-4,7-8,10,12H2,1H3. The molecule has 0 saturated heterocycles. The summed E-state index contributed by atoms with van der Waals surface area (Å²) in [6.45, 7) is 2.43. The summed E-state index contributed by atoms with van der Waals surface area (Å²) in [6.07, 6.45) is 5.92. The van der Waals surface area contributed by atoms with Crippen molar-refractivity contribution in [2.24, 2.45) is 0 Å². The van der Waals surface area contributed by atoms with Gasteiger partial charge in [0.25, 0.3) is 5.91 Å². The van der Waals surface area contributed by atoms with E-state index >= 15 is 0 Å². The SMILES string of the molecule is Cc1nc2c(cc1Cc1cccc(F)c1F)C(=O)N(C1CCCCC1)C2. The lowest BCUT2D eigenvalue weighted by molar-refractivity contribution is 0.0659. The highest BCUT2D eigenvalue weighted by Gasteiger charge is 2.34. The van der Waals surface area contributed by atoms with Crippen LogP contribution in [0.3, 0.4) is 0 Å². The Labute approximate surface area is 152 Å². The van der Waals surface area contributed by atoms with Crippen LogP contribution in [0.5, 0.6) is 0 Å². The van der Waals surface area contributed by atoms with Crippen LogP contribution in [0.15, 0.2) is 24.3 Å². The van der Waals surface area contributed by atoms with Crippen LogP contribution < -0.4 is 0 Å². The first-order chi connectivity index (χ1) is 12.5. The van der Waals surface area contributed by atoms with Crippen LogP contribution in [-0.2, 0) is 13.0 Å². The molecular formula is C21H22F2N2O. The zero-order valence-electron chi connectivity index (χ0n) is 14.9. The molecule has 1 amide bonds. The Morgan fingerprint density at radius 3 is 2.69 bits per heavy atom. The van der Waals surface area contributed by atoms with Crippen molar-refractivity contribution in [1.29, 1.82) is 0 Å². The average Bonchev–Trinajstić information content (AvgIpc) is 2.96. The number of pyridine rings is 1. The highest BCUT2D eigenvalue weighted by Crippen LogP contribution is 2.31. The number of fused-ring (bicyclic) bond motifs is 1. The van der Waals surface area contributed by atoms with Gasteiger partial charge in [-0.3, -0.25) is 9.78 Å². The van der Waals surface area contributed by atoms with Gasteiger partial charge in [-0.15, -0.1) is 0 Å². The van der Waals surface area contributed by atoms with Gasteiger partial charge in [-0.2, -0.15) is 0 Å². The molecule has 1 fully saturated rings. The molecule has 1 aromatic heterocycles. The molecule has 2 aromatic rings. The predicted molar refractivity (Wildman–Crippen MR) is 94.9 cm³/mol. The van der Waals surface area contributed by atoms with Crippen LogP contribution in [-0.4, -0.2) is 21.8 Å². The molecule has 1 aromatic carbocycles. The van der Waals surface area contributed by atoms with Crippen LogP contribution in [0.25, 0.3) is 0 Å². The number of aromatic nitrogens is 1. The number of carbonyl (C=O) groups is 1. The lowest BCUT2D eigenvalue weighted by Gasteiger charge is -2.30. The number of halogens is 2. The Morgan fingerprint density at radius 2 is 1.92 bits per heavy atom. The molecule has 0 unspecified atom stereocenters. The lowest BCUT2D eigenvalue weighted by Crippen LogP contribution is -2.36. The van der Waals surface area contributed by atoms with Crippen LogP contribution in [0.1, 0.15) is 65.0 Å². The van der Waals surface area contributed by atoms with E-state index in [2.05, 4.69) is 4.98 Å². The largest absolute Gasteiger partial charge is 0.330 e. The van der Waals surface area contributed by atoms with Gasteiger partial charge in [-0.1, -0.05) is 31.4 Å². The minimum Gasteiger partial charge on any atom is -0.330 e. The second kappa shape index (κ2) is 6.78. The first-order valence-electron chi connectivity index (χ1n) is 9.28. The Hall–Kier alpha value is -2.30.